The first-order chi connectivity index (χ1) is 14.0. The summed E-state index contributed by atoms with van der Waals surface area (Å²) in [5.74, 6) is -3.32. The van der Waals surface area contributed by atoms with Gasteiger partial charge in [0.25, 0.3) is 0 Å². The number of esters is 4. The maximum Gasteiger partial charge on any atom is 0.303 e. The molecule has 5 atom stereocenters. The molecule has 1 amide bonds. The predicted molar refractivity (Wildman–Crippen MR) is 98.4 cm³/mol. The SMILES string of the molecule is CC(=O)OC[C@H]1O[C@@H](NC(=O)CCCN)[C@H](OC(C)=O)[C@@H](OC(C)=O)[C@@H]1OC(C)=O. The molecule has 0 saturated carbocycles. The van der Waals surface area contributed by atoms with Gasteiger partial charge in [0.05, 0.1) is 0 Å². The van der Waals surface area contributed by atoms with E-state index < -0.39 is 60.4 Å². The Bertz CT molecular complexity index is 653. The second-order valence-corrected chi connectivity index (χ2v) is 6.58. The Hall–Kier alpha value is -2.73. The fourth-order valence-corrected chi connectivity index (χ4v) is 2.84. The lowest BCUT2D eigenvalue weighted by Crippen LogP contribution is -2.66. The molecule has 0 aromatic carbocycles. The second kappa shape index (κ2) is 12.1. The largest absolute Gasteiger partial charge is 0.463 e. The molecule has 0 aliphatic carbocycles. The van der Waals surface area contributed by atoms with Crippen molar-refractivity contribution in [1.82, 2.24) is 5.32 Å². The molecule has 170 valence electrons. The van der Waals surface area contributed by atoms with Crippen molar-refractivity contribution in [3.05, 3.63) is 0 Å². The highest BCUT2D eigenvalue weighted by molar-refractivity contribution is 5.76. The van der Waals surface area contributed by atoms with Crippen molar-refractivity contribution in [1.29, 1.82) is 0 Å². The Kier molecular flexibility index (Phi) is 10.2. The van der Waals surface area contributed by atoms with Gasteiger partial charge in [-0.2, -0.15) is 0 Å². The van der Waals surface area contributed by atoms with E-state index in [4.69, 9.17) is 29.4 Å². The first-order valence-electron chi connectivity index (χ1n) is 9.35. The maximum atomic E-state index is 12.2. The summed E-state index contributed by atoms with van der Waals surface area (Å²) in [6.45, 7) is 4.43. The molecular weight excluding hydrogens is 404 g/mol. The predicted octanol–water partition coefficient (Wildman–Crippen LogP) is -1.08. The molecule has 12 heteroatoms. The fourth-order valence-electron chi connectivity index (χ4n) is 2.84. The average molecular weight is 432 g/mol. The Morgan fingerprint density at radius 3 is 1.87 bits per heavy atom. The molecule has 0 unspecified atom stereocenters. The van der Waals surface area contributed by atoms with Gasteiger partial charge in [0.1, 0.15) is 12.7 Å². The summed E-state index contributed by atoms with van der Waals surface area (Å²) < 4.78 is 26.4. The van der Waals surface area contributed by atoms with Gasteiger partial charge in [0.15, 0.2) is 24.5 Å². The van der Waals surface area contributed by atoms with Crippen LogP contribution in [0.4, 0.5) is 0 Å². The molecule has 0 radical (unpaired) electrons. The van der Waals surface area contributed by atoms with E-state index in [9.17, 15) is 24.0 Å². The molecule has 1 heterocycles. The van der Waals surface area contributed by atoms with Gasteiger partial charge < -0.3 is 34.7 Å². The van der Waals surface area contributed by atoms with Crippen LogP contribution >= 0.6 is 0 Å². The van der Waals surface area contributed by atoms with E-state index in [1.54, 1.807) is 0 Å². The number of nitrogens with one attached hydrogen (secondary N) is 1. The van der Waals surface area contributed by atoms with Crippen LogP contribution in [0.1, 0.15) is 40.5 Å². The zero-order valence-corrected chi connectivity index (χ0v) is 17.4. The molecule has 1 aliphatic heterocycles. The van der Waals surface area contributed by atoms with Gasteiger partial charge in [-0.15, -0.1) is 0 Å². The summed E-state index contributed by atoms with van der Waals surface area (Å²) in [4.78, 5) is 58.4. The van der Waals surface area contributed by atoms with Crippen LogP contribution in [-0.4, -0.2) is 73.6 Å². The zero-order valence-electron chi connectivity index (χ0n) is 17.4. The summed E-state index contributed by atoms with van der Waals surface area (Å²) in [7, 11) is 0. The average Bonchev–Trinajstić information content (AvgIpc) is 2.62. The van der Waals surface area contributed by atoms with Crippen LogP contribution < -0.4 is 11.1 Å². The molecule has 0 bridgehead atoms. The van der Waals surface area contributed by atoms with Crippen LogP contribution in [0.2, 0.25) is 0 Å². The number of rotatable bonds is 9. The minimum Gasteiger partial charge on any atom is -0.463 e. The van der Waals surface area contributed by atoms with Crippen molar-refractivity contribution in [2.24, 2.45) is 5.73 Å². The minimum absolute atomic E-state index is 0.0728. The third kappa shape index (κ3) is 8.33. The first-order valence-corrected chi connectivity index (χ1v) is 9.35. The Morgan fingerprint density at radius 2 is 1.37 bits per heavy atom. The molecule has 1 saturated heterocycles. The molecule has 1 aliphatic rings. The van der Waals surface area contributed by atoms with Crippen LogP contribution in [0.15, 0.2) is 0 Å². The van der Waals surface area contributed by atoms with Crippen molar-refractivity contribution >= 4 is 29.8 Å². The van der Waals surface area contributed by atoms with E-state index in [2.05, 4.69) is 5.32 Å². The van der Waals surface area contributed by atoms with Crippen LogP contribution in [-0.2, 0) is 47.7 Å². The summed E-state index contributed by atoms with van der Waals surface area (Å²) in [5, 5.41) is 2.54. The molecule has 0 aromatic rings. The van der Waals surface area contributed by atoms with Crippen molar-refractivity contribution in [3.8, 4) is 0 Å². The van der Waals surface area contributed by atoms with Crippen LogP contribution in [0, 0.1) is 0 Å². The molecule has 1 rings (SSSR count). The minimum atomic E-state index is -1.33. The summed E-state index contributed by atoms with van der Waals surface area (Å²) in [6.07, 6.45) is -5.84. The molecule has 12 nitrogen and oxygen atoms in total. The van der Waals surface area contributed by atoms with Gasteiger partial charge in [-0.05, 0) is 13.0 Å². The van der Waals surface area contributed by atoms with Gasteiger partial charge in [0, 0.05) is 34.1 Å². The monoisotopic (exact) mass is 432 g/mol. The topological polar surface area (TPSA) is 170 Å². The quantitative estimate of drug-likeness (QED) is 0.336. The van der Waals surface area contributed by atoms with E-state index in [-0.39, 0.29) is 19.6 Å². The number of hydrogen-bond donors (Lipinski definition) is 2. The summed E-state index contributed by atoms with van der Waals surface area (Å²) in [5.41, 5.74) is 5.40. The third-order valence-corrected chi connectivity index (χ3v) is 3.90. The Morgan fingerprint density at radius 1 is 0.833 bits per heavy atom. The van der Waals surface area contributed by atoms with Gasteiger partial charge in [-0.1, -0.05) is 0 Å². The van der Waals surface area contributed by atoms with Crippen molar-refractivity contribution < 1.29 is 47.7 Å². The van der Waals surface area contributed by atoms with E-state index in [1.165, 1.54) is 6.92 Å². The standard InChI is InChI=1S/C18H28N2O10/c1-9(21)26-8-13-15(27-10(2)22)16(28-11(3)23)17(29-12(4)24)18(30-13)20-14(25)6-5-7-19/h13,15-18H,5-8,19H2,1-4H3,(H,20,25)/t13-,15-,16+,17-,18-/m1/s1. The third-order valence-electron chi connectivity index (χ3n) is 3.90. The zero-order chi connectivity index (χ0) is 22.8. The Labute approximate surface area is 173 Å². The van der Waals surface area contributed by atoms with Gasteiger partial charge in [-0.3, -0.25) is 24.0 Å². The smallest absolute Gasteiger partial charge is 0.303 e. The number of carbonyl (C=O) groups excluding carboxylic acids is 5. The van der Waals surface area contributed by atoms with E-state index >= 15 is 0 Å². The molecule has 30 heavy (non-hydrogen) atoms. The van der Waals surface area contributed by atoms with Gasteiger partial charge in [-0.25, -0.2) is 0 Å². The summed E-state index contributed by atoms with van der Waals surface area (Å²) in [6, 6.07) is 0. The highest BCUT2D eigenvalue weighted by Crippen LogP contribution is 2.28. The number of hydrogen-bond acceptors (Lipinski definition) is 11. The molecular formula is C18H28N2O10. The number of carbonyl (C=O) groups is 5. The lowest BCUT2D eigenvalue weighted by molar-refractivity contribution is -0.257. The van der Waals surface area contributed by atoms with Crippen LogP contribution in [0.5, 0.6) is 0 Å². The molecule has 3 N–H and O–H groups in total. The van der Waals surface area contributed by atoms with Gasteiger partial charge >= 0.3 is 23.9 Å². The molecule has 0 spiro atoms. The van der Waals surface area contributed by atoms with E-state index in [1.807, 2.05) is 0 Å². The van der Waals surface area contributed by atoms with Crippen LogP contribution in [0.25, 0.3) is 0 Å². The summed E-state index contributed by atoms with van der Waals surface area (Å²) >= 11 is 0. The van der Waals surface area contributed by atoms with E-state index in [0.717, 1.165) is 20.8 Å². The lowest BCUT2D eigenvalue weighted by atomic mass is 9.97. The first kappa shape index (κ1) is 25.3. The number of amides is 1. The molecule has 1 fully saturated rings. The highest BCUT2D eigenvalue weighted by atomic mass is 16.7. The number of ether oxygens (including phenoxy) is 5. The van der Waals surface area contributed by atoms with Crippen molar-refractivity contribution in [2.45, 2.75) is 71.2 Å². The van der Waals surface area contributed by atoms with Crippen molar-refractivity contribution in [3.63, 3.8) is 0 Å². The number of nitrogens with two attached hydrogens (primary N) is 1. The van der Waals surface area contributed by atoms with Crippen molar-refractivity contribution in [2.75, 3.05) is 13.2 Å². The van der Waals surface area contributed by atoms with Gasteiger partial charge in [0.2, 0.25) is 5.91 Å². The second-order valence-electron chi connectivity index (χ2n) is 6.58. The normalized spacial score (nSPS) is 25.6. The van der Waals surface area contributed by atoms with E-state index in [0.29, 0.717) is 6.42 Å². The maximum absolute atomic E-state index is 12.2. The van der Waals surface area contributed by atoms with Crippen LogP contribution in [0.3, 0.4) is 0 Å². The highest BCUT2D eigenvalue weighted by Gasteiger charge is 2.52. The lowest BCUT2D eigenvalue weighted by Gasteiger charge is -2.44. The molecule has 0 aromatic heterocycles. The fraction of sp³-hybridized carbons (Fsp3) is 0.722. The Balaban J connectivity index is 3.27.